The smallest absolute Gasteiger partial charge is 0.329 e. The van der Waals surface area contributed by atoms with E-state index in [0.29, 0.717) is 19.2 Å². The molecule has 1 aliphatic carbocycles. The summed E-state index contributed by atoms with van der Waals surface area (Å²) in [5.41, 5.74) is -0.630. The largest absolute Gasteiger partial charge is 0.497 e. The molecule has 8 heteroatoms. The maximum Gasteiger partial charge on any atom is 0.329 e. The van der Waals surface area contributed by atoms with Gasteiger partial charge in [-0.3, -0.25) is 4.79 Å². The van der Waals surface area contributed by atoms with Crippen molar-refractivity contribution in [3.8, 4) is 11.5 Å². The second kappa shape index (κ2) is 9.44. The van der Waals surface area contributed by atoms with Crippen molar-refractivity contribution in [1.82, 2.24) is 10.2 Å². The number of urea groups is 1. The fourth-order valence-corrected chi connectivity index (χ4v) is 4.99. The molecule has 1 aromatic carbocycles. The molecular weight excluding hydrogens is 396 g/mol. The number of nitrogens with zero attached hydrogens (tertiary/aromatic N) is 1. The van der Waals surface area contributed by atoms with Gasteiger partial charge in [0.25, 0.3) is 5.91 Å². The van der Waals surface area contributed by atoms with Gasteiger partial charge in [-0.15, -0.1) is 0 Å². The molecule has 1 aromatic rings. The lowest BCUT2D eigenvalue weighted by molar-refractivity contribution is -1.01. The Kier molecular flexibility index (Phi) is 6.67. The third-order valence-electron chi connectivity index (χ3n) is 7.20. The van der Waals surface area contributed by atoms with Gasteiger partial charge >= 0.3 is 6.03 Å². The molecule has 2 heterocycles. The van der Waals surface area contributed by atoms with Gasteiger partial charge in [0, 0.05) is 0 Å². The zero-order valence-electron chi connectivity index (χ0n) is 18.7. The number of benzene rings is 1. The summed E-state index contributed by atoms with van der Waals surface area (Å²) in [6.45, 7) is 8.28. The third kappa shape index (κ3) is 4.96. The molecule has 0 aromatic heterocycles. The molecule has 1 saturated carbocycles. The molecule has 8 nitrogen and oxygen atoms in total. The number of rotatable bonds is 7. The summed E-state index contributed by atoms with van der Waals surface area (Å²) < 4.78 is 11.0. The quantitative estimate of drug-likeness (QED) is 0.499. The van der Waals surface area contributed by atoms with E-state index in [2.05, 4.69) is 12.2 Å². The summed E-state index contributed by atoms with van der Waals surface area (Å²) in [6.07, 6.45) is 3.56. The minimum atomic E-state index is -0.630. The number of hydrogen-bond acceptors (Lipinski definition) is 4. The fraction of sp³-hybridized carbons (Fsp3) is 0.652. The average Bonchev–Trinajstić information content (AvgIpc) is 3.01. The SMILES string of the molecule is COc1ccc(OCC[NH+]2CC[NH+](CN3C(=O)NC4(CCC(C)CC4)C3=O)CC2)cc1. The van der Waals surface area contributed by atoms with Gasteiger partial charge in [-0.1, -0.05) is 6.92 Å². The molecule has 0 bridgehead atoms. The molecule has 2 aliphatic heterocycles. The molecule has 3 N–H and O–H groups in total. The molecule has 3 aliphatic rings. The van der Waals surface area contributed by atoms with Crippen molar-refractivity contribution in [2.45, 2.75) is 38.1 Å². The minimum absolute atomic E-state index is 0.000400. The highest BCUT2D eigenvalue weighted by Gasteiger charge is 2.53. The van der Waals surface area contributed by atoms with E-state index in [1.807, 2.05) is 24.3 Å². The monoisotopic (exact) mass is 432 g/mol. The number of carbonyl (C=O) groups excluding carboxylic acids is 2. The number of amides is 3. The predicted molar refractivity (Wildman–Crippen MR) is 115 cm³/mol. The van der Waals surface area contributed by atoms with E-state index in [1.165, 1.54) is 14.7 Å². The van der Waals surface area contributed by atoms with Crippen LogP contribution in [0.1, 0.15) is 32.6 Å². The van der Waals surface area contributed by atoms with Gasteiger partial charge < -0.3 is 24.6 Å². The van der Waals surface area contributed by atoms with Crippen LogP contribution in [-0.4, -0.2) is 75.5 Å². The maximum atomic E-state index is 13.1. The molecule has 2 saturated heterocycles. The van der Waals surface area contributed by atoms with Crippen LogP contribution in [0.4, 0.5) is 4.79 Å². The topological polar surface area (TPSA) is 76.8 Å². The lowest BCUT2D eigenvalue weighted by atomic mass is 9.77. The van der Waals surface area contributed by atoms with Gasteiger partial charge in [-0.2, -0.15) is 0 Å². The van der Waals surface area contributed by atoms with Gasteiger partial charge in [-0.05, 0) is 55.9 Å². The molecule has 31 heavy (non-hydrogen) atoms. The van der Waals surface area contributed by atoms with Crippen molar-refractivity contribution < 1.29 is 28.9 Å². The molecule has 170 valence electrons. The molecule has 3 fully saturated rings. The Bertz CT molecular complexity index is 768. The third-order valence-corrected chi connectivity index (χ3v) is 7.20. The average molecular weight is 433 g/mol. The normalized spacial score (nSPS) is 31.0. The van der Waals surface area contributed by atoms with Gasteiger partial charge in [0.2, 0.25) is 0 Å². The standard InChI is InChI=1S/C23H34N4O4/c1-18-7-9-23(10-8-18)21(28)27(22(29)24-23)17-26-13-11-25(12-14-26)15-16-31-20-5-3-19(30-2)4-6-20/h3-6,18H,7-17H2,1-2H3,(H,24,29)/p+2. The molecule has 1 spiro atoms. The van der Waals surface area contributed by atoms with Gasteiger partial charge in [-0.25, -0.2) is 9.69 Å². The maximum absolute atomic E-state index is 13.1. The van der Waals surface area contributed by atoms with E-state index >= 15 is 0 Å². The molecule has 0 atom stereocenters. The highest BCUT2D eigenvalue weighted by molar-refractivity contribution is 6.06. The van der Waals surface area contributed by atoms with E-state index in [9.17, 15) is 9.59 Å². The molecule has 4 rings (SSSR count). The lowest BCUT2D eigenvalue weighted by Crippen LogP contribution is -3.28. The highest BCUT2D eigenvalue weighted by atomic mass is 16.5. The van der Waals surface area contributed by atoms with Crippen molar-refractivity contribution in [2.75, 3.05) is 53.1 Å². The number of piperazine rings is 1. The number of hydrogen-bond donors (Lipinski definition) is 3. The predicted octanol–water partition coefficient (Wildman–Crippen LogP) is -0.684. The highest BCUT2D eigenvalue weighted by Crippen LogP contribution is 2.35. The van der Waals surface area contributed by atoms with Crippen LogP contribution < -0.4 is 24.6 Å². The van der Waals surface area contributed by atoms with E-state index in [1.54, 1.807) is 7.11 Å². The van der Waals surface area contributed by atoms with Crippen molar-refractivity contribution in [2.24, 2.45) is 5.92 Å². The number of methoxy groups -OCH3 is 1. The first-order chi connectivity index (χ1) is 15.0. The second-order valence-electron chi connectivity index (χ2n) is 9.36. The Hall–Kier alpha value is -2.32. The van der Waals surface area contributed by atoms with E-state index in [4.69, 9.17) is 9.47 Å². The van der Waals surface area contributed by atoms with Crippen LogP contribution in [-0.2, 0) is 4.79 Å². The Morgan fingerprint density at radius 1 is 1.03 bits per heavy atom. The Labute approximate surface area is 184 Å². The summed E-state index contributed by atoms with van der Waals surface area (Å²) in [5.74, 6) is 2.32. The summed E-state index contributed by atoms with van der Waals surface area (Å²) >= 11 is 0. The van der Waals surface area contributed by atoms with Crippen LogP contribution in [0.5, 0.6) is 11.5 Å². The minimum Gasteiger partial charge on any atom is -0.497 e. The summed E-state index contributed by atoms with van der Waals surface area (Å²) in [4.78, 5) is 29.9. The summed E-state index contributed by atoms with van der Waals surface area (Å²) in [5, 5.41) is 3.03. The first-order valence-electron chi connectivity index (χ1n) is 11.6. The van der Waals surface area contributed by atoms with Crippen molar-refractivity contribution in [3.63, 3.8) is 0 Å². The zero-order valence-corrected chi connectivity index (χ0v) is 18.7. The Balaban J connectivity index is 1.19. The van der Waals surface area contributed by atoms with Crippen LogP contribution in [0.15, 0.2) is 24.3 Å². The number of nitrogens with one attached hydrogen (secondary N) is 3. The van der Waals surface area contributed by atoms with E-state index in [-0.39, 0.29) is 11.9 Å². The zero-order chi connectivity index (χ0) is 21.8. The number of carbonyl (C=O) groups is 2. The number of ether oxygens (including phenoxy) is 2. The van der Waals surface area contributed by atoms with Crippen LogP contribution in [0.25, 0.3) is 0 Å². The van der Waals surface area contributed by atoms with Gasteiger partial charge in [0.15, 0.2) is 6.67 Å². The number of imide groups is 1. The molecule has 0 radical (unpaired) electrons. The first kappa shape index (κ1) is 21.9. The Morgan fingerprint density at radius 3 is 2.29 bits per heavy atom. The van der Waals surface area contributed by atoms with Crippen LogP contribution in [0, 0.1) is 5.92 Å². The van der Waals surface area contributed by atoms with Crippen LogP contribution in [0.3, 0.4) is 0 Å². The van der Waals surface area contributed by atoms with Crippen LogP contribution >= 0.6 is 0 Å². The summed E-state index contributed by atoms with van der Waals surface area (Å²) in [7, 11) is 1.65. The van der Waals surface area contributed by atoms with E-state index in [0.717, 1.165) is 69.9 Å². The van der Waals surface area contributed by atoms with Crippen molar-refractivity contribution in [3.05, 3.63) is 24.3 Å². The lowest BCUT2D eigenvalue weighted by Gasteiger charge is -2.34. The molecule has 0 unspecified atom stereocenters. The fourth-order valence-electron chi connectivity index (χ4n) is 4.99. The van der Waals surface area contributed by atoms with E-state index < -0.39 is 5.54 Å². The molecule has 3 amide bonds. The number of quaternary nitrogens is 2. The first-order valence-corrected chi connectivity index (χ1v) is 11.6. The van der Waals surface area contributed by atoms with Crippen LogP contribution in [0.2, 0.25) is 0 Å². The van der Waals surface area contributed by atoms with Gasteiger partial charge in [0.1, 0.15) is 56.4 Å². The summed E-state index contributed by atoms with van der Waals surface area (Å²) in [6, 6.07) is 7.45. The second-order valence-corrected chi connectivity index (χ2v) is 9.36. The van der Waals surface area contributed by atoms with Gasteiger partial charge in [0.05, 0.1) is 7.11 Å². The van der Waals surface area contributed by atoms with Crippen molar-refractivity contribution in [1.29, 1.82) is 0 Å². The van der Waals surface area contributed by atoms with Crippen molar-refractivity contribution >= 4 is 11.9 Å². The molecular formula is C23H36N4O4+2. The Morgan fingerprint density at radius 2 is 1.65 bits per heavy atom.